The second-order valence-corrected chi connectivity index (χ2v) is 7.05. The maximum atomic E-state index is 11.9. The molecule has 2 rings (SSSR count). The molecular weight excluding hydrogens is 298 g/mol. The smallest absolute Gasteiger partial charge is 0.360 e. The van der Waals surface area contributed by atoms with Gasteiger partial charge in [-0.15, -0.1) is 0 Å². The number of methoxy groups -OCH3 is 1. The Morgan fingerprint density at radius 1 is 1.35 bits per heavy atom. The van der Waals surface area contributed by atoms with Gasteiger partial charge in [-0.2, -0.15) is 0 Å². The predicted molar refractivity (Wildman–Crippen MR) is 84.3 cm³/mol. The van der Waals surface area contributed by atoms with E-state index in [0.29, 0.717) is 24.4 Å². The molecule has 1 aliphatic heterocycles. The van der Waals surface area contributed by atoms with E-state index in [4.69, 9.17) is 18.7 Å². The van der Waals surface area contributed by atoms with Crippen molar-refractivity contribution in [2.45, 2.75) is 65.8 Å². The molecule has 3 atom stereocenters. The maximum Gasteiger partial charge on any atom is 0.360 e. The largest absolute Gasteiger partial charge is 0.461 e. The van der Waals surface area contributed by atoms with Crippen molar-refractivity contribution in [3.8, 4) is 0 Å². The Balaban J connectivity index is 2.24. The molecule has 2 heterocycles. The summed E-state index contributed by atoms with van der Waals surface area (Å²) in [6.07, 6.45) is 1.39. The molecule has 1 aromatic heterocycles. The van der Waals surface area contributed by atoms with E-state index >= 15 is 0 Å². The van der Waals surface area contributed by atoms with Crippen LogP contribution in [0.3, 0.4) is 0 Å². The molecule has 0 spiro atoms. The van der Waals surface area contributed by atoms with Crippen LogP contribution < -0.4 is 0 Å². The van der Waals surface area contributed by atoms with Crippen molar-refractivity contribution >= 4 is 5.97 Å². The van der Waals surface area contributed by atoms with Gasteiger partial charge in [0.25, 0.3) is 0 Å². The second kappa shape index (κ2) is 7.01. The fraction of sp³-hybridized carbons (Fsp3) is 0.765. The summed E-state index contributed by atoms with van der Waals surface area (Å²) in [6, 6.07) is 0. The fourth-order valence-corrected chi connectivity index (χ4v) is 2.84. The number of hydrogen-bond donors (Lipinski definition) is 0. The predicted octanol–water partition coefficient (Wildman–Crippen LogP) is 3.44. The number of hydrogen-bond acceptors (Lipinski definition) is 6. The molecule has 130 valence electrons. The van der Waals surface area contributed by atoms with Crippen LogP contribution in [-0.2, 0) is 14.2 Å². The first-order chi connectivity index (χ1) is 10.8. The highest BCUT2D eigenvalue weighted by molar-refractivity contribution is 5.88. The van der Waals surface area contributed by atoms with Crippen molar-refractivity contribution in [2.75, 3.05) is 13.7 Å². The molecule has 23 heavy (non-hydrogen) atoms. The number of esters is 1. The van der Waals surface area contributed by atoms with Gasteiger partial charge in [0.1, 0.15) is 6.10 Å². The summed E-state index contributed by atoms with van der Waals surface area (Å²) in [6.45, 7) is 10.3. The minimum Gasteiger partial charge on any atom is -0.461 e. The maximum absolute atomic E-state index is 11.9. The lowest BCUT2D eigenvalue weighted by Gasteiger charge is -2.40. The molecule has 0 aliphatic carbocycles. The summed E-state index contributed by atoms with van der Waals surface area (Å²) in [4.78, 5) is 11.9. The topological polar surface area (TPSA) is 70.8 Å². The van der Waals surface area contributed by atoms with Crippen LogP contribution in [0.4, 0.5) is 0 Å². The zero-order valence-electron chi connectivity index (χ0n) is 14.8. The van der Waals surface area contributed by atoms with Gasteiger partial charge in [0, 0.05) is 25.5 Å². The zero-order valence-corrected chi connectivity index (χ0v) is 14.8. The molecule has 1 fully saturated rings. The van der Waals surface area contributed by atoms with Gasteiger partial charge >= 0.3 is 5.97 Å². The first-order valence-corrected chi connectivity index (χ1v) is 8.09. The fourth-order valence-electron chi connectivity index (χ4n) is 2.84. The number of ether oxygens (including phenoxy) is 3. The van der Waals surface area contributed by atoms with E-state index in [2.05, 4.69) is 25.9 Å². The average molecular weight is 325 g/mol. The summed E-state index contributed by atoms with van der Waals surface area (Å²) >= 11 is 0. The molecule has 0 unspecified atom stereocenters. The Morgan fingerprint density at radius 3 is 2.61 bits per heavy atom. The van der Waals surface area contributed by atoms with Crippen LogP contribution in [0.2, 0.25) is 0 Å². The molecule has 0 aromatic carbocycles. The van der Waals surface area contributed by atoms with Gasteiger partial charge in [-0.25, -0.2) is 4.79 Å². The molecule has 0 radical (unpaired) electrons. The molecule has 1 aliphatic rings. The van der Waals surface area contributed by atoms with Crippen molar-refractivity contribution < 1.29 is 23.5 Å². The van der Waals surface area contributed by atoms with Gasteiger partial charge in [0.2, 0.25) is 0 Å². The van der Waals surface area contributed by atoms with Gasteiger partial charge in [0.15, 0.2) is 11.5 Å². The molecule has 6 nitrogen and oxygen atoms in total. The van der Waals surface area contributed by atoms with E-state index in [-0.39, 0.29) is 29.4 Å². The Labute approximate surface area is 137 Å². The molecule has 0 amide bonds. The highest BCUT2D eigenvalue weighted by Gasteiger charge is 2.39. The quantitative estimate of drug-likeness (QED) is 0.790. The summed E-state index contributed by atoms with van der Waals surface area (Å²) in [7, 11) is 1.71. The second-order valence-electron chi connectivity index (χ2n) is 7.05. The SMILES string of the molecule is CCOC(=O)c1noc([C@@H]2C[C@H](OC)C[C@@H](C(C)(C)C)O2)c1C. The van der Waals surface area contributed by atoms with Crippen LogP contribution in [0, 0.1) is 12.3 Å². The molecular formula is C17H27NO5. The van der Waals surface area contributed by atoms with Crippen LogP contribution in [-0.4, -0.2) is 37.1 Å². The standard InChI is InChI=1S/C17H27NO5/c1-7-21-16(19)14-10(2)15(23-18-14)12-8-11(20-6)9-13(22-12)17(3,4)5/h11-13H,7-9H2,1-6H3/t11-,12-,13-/m0/s1. The third kappa shape index (κ3) is 3.93. The van der Waals surface area contributed by atoms with E-state index in [1.165, 1.54) is 0 Å². The van der Waals surface area contributed by atoms with Gasteiger partial charge < -0.3 is 18.7 Å². The first-order valence-electron chi connectivity index (χ1n) is 8.09. The minimum absolute atomic E-state index is 0.00660. The average Bonchev–Trinajstić information content (AvgIpc) is 2.88. The van der Waals surface area contributed by atoms with Crippen molar-refractivity contribution in [3.63, 3.8) is 0 Å². The van der Waals surface area contributed by atoms with Gasteiger partial charge in [-0.05, 0) is 19.3 Å². The van der Waals surface area contributed by atoms with E-state index < -0.39 is 5.97 Å². The van der Waals surface area contributed by atoms with E-state index in [9.17, 15) is 4.79 Å². The molecule has 0 bridgehead atoms. The summed E-state index contributed by atoms with van der Waals surface area (Å²) in [5, 5.41) is 3.88. The summed E-state index contributed by atoms with van der Waals surface area (Å²) in [5.41, 5.74) is 0.892. The van der Waals surface area contributed by atoms with Gasteiger partial charge in [0.05, 0.1) is 18.8 Å². The molecule has 0 N–H and O–H groups in total. The third-order valence-electron chi connectivity index (χ3n) is 4.30. The van der Waals surface area contributed by atoms with Crippen molar-refractivity contribution in [2.24, 2.45) is 5.41 Å². The highest BCUT2D eigenvalue weighted by atomic mass is 16.5. The van der Waals surface area contributed by atoms with Crippen LogP contribution in [0.15, 0.2) is 4.52 Å². The van der Waals surface area contributed by atoms with Crippen molar-refractivity contribution in [1.29, 1.82) is 0 Å². The van der Waals surface area contributed by atoms with Gasteiger partial charge in [-0.1, -0.05) is 25.9 Å². The number of aromatic nitrogens is 1. The van der Waals surface area contributed by atoms with Crippen LogP contribution in [0.1, 0.15) is 68.5 Å². The summed E-state index contributed by atoms with van der Waals surface area (Å²) < 4.78 is 22.2. The lowest BCUT2D eigenvalue weighted by atomic mass is 9.82. The Kier molecular flexibility index (Phi) is 5.47. The lowest BCUT2D eigenvalue weighted by Crippen LogP contribution is -2.40. The Bertz CT molecular complexity index is 546. The van der Waals surface area contributed by atoms with Gasteiger partial charge in [-0.3, -0.25) is 0 Å². The number of nitrogens with zero attached hydrogens (tertiary/aromatic N) is 1. The van der Waals surface area contributed by atoms with E-state index in [1.54, 1.807) is 14.0 Å². The third-order valence-corrected chi connectivity index (χ3v) is 4.30. The molecule has 6 heteroatoms. The number of carbonyl (C=O) groups is 1. The molecule has 1 aromatic rings. The Morgan fingerprint density at radius 2 is 2.04 bits per heavy atom. The summed E-state index contributed by atoms with van der Waals surface area (Å²) in [5.74, 6) is 0.121. The molecule has 1 saturated heterocycles. The van der Waals surface area contributed by atoms with Crippen molar-refractivity contribution in [3.05, 3.63) is 17.0 Å². The Hall–Kier alpha value is -1.40. The van der Waals surface area contributed by atoms with Crippen LogP contribution in [0.5, 0.6) is 0 Å². The van der Waals surface area contributed by atoms with Crippen LogP contribution >= 0.6 is 0 Å². The highest BCUT2D eigenvalue weighted by Crippen LogP contribution is 2.40. The van der Waals surface area contributed by atoms with E-state index in [1.807, 2.05) is 6.92 Å². The minimum atomic E-state index is -0.466. The molecule has 0 saturated carbocycles. The monoisotopic (exact) mass is 325 g/mol. The number of carbonyl (C=O) groups excluding carboxylic acids is 1. The van der Waals surface area contributed by atoms with Crippen molar-refractivity contribution in [1.82, 2.24) is 5.16 Å². The number of rotatable bonds is 4. The van der Waals surface area contributed by atoms with Crippen LogP contribution in [0.25, 0.3) is 0 Å². The lowest BCUT2D eigenvalue weighted by molar-refractivity contribution is -0.150. The first kappa shape index (κ1) is 17.9. The zero-order chi connectivity index (χ0) is 17.2. The normalized spacial score (nSPS) is 25.4. The van der Waals surface area contributed by atoms with E-state index in [0.717, 1.165) is 6.42 Å².